The fraction of sp³-hybridized carbons (Fsp3) is 0.429. The third-order valence-electron chi connectivity index (χ3n) is 4.47. The van der Waals surface area contributed by atoms with Crippen LogP contribution in [-0.4, -0.2) is 24.2 Å². The molecule has 0 saturated heterocycles. The standard InChI is InChI=1S/C21H25NO3S2/c1-3-13-26-16-11-7-6-10-15(16)19(23)22-20-18(21(24)25-4-2)14-9-5-8-12-17(14)27-20/h6-7,10-11H,3-5,8-9,12-13H2,1-2H3,(H,22,23). The number of hydrogen-bond donors (Lipinski definition) is 1. The molecule has 0 bridgehead atoms. The van der Waals surface area contributed by atoms with Crippen LogP contribution in [0.15, 0.2) is 29.2 Å². The summed E-state index contributed by atoms with van der Waals surface area (Å²) in [6, 6.07) is 7.63. The largest absolute Gasteiger partial charge is 0.462 e. The molecule has 2 aromatic rings. The fourth-order valence-electron chi connectivity index (χ4n) is 3.24. The molecule has 1 aromatic carbocycles. The van der Waals surface area contributed by atoms with Crippen LogP contribution >= 0.6 is 23.1 Å². The predicted molar refractivity (Wildman–Crippen MR) is 112 cm³/mol. The first kappa shape index (κ1) is 20.0. The van der Waals surface area contributed by atoms with Crippen LogP contribution in [0.3, 0.4) is 0 Å². The molecular formula is C21H25NO3S2. The maximum absolute atomic E-state index is 13.0. The second-order valence-electron chi connectivity index (χ2n) is 6.43. The SMILES string of the molecule is CCCSc1ccccc1C(=O)Nc1sc2c(c1C(=O)OCC)CCCC2. The fourth-order valence-corrected chi connectivity index (χ4v) is 5.42. The van der Waals surface area contributed by atoms with E-state index in [1.165, 1.54) is 16.2 Å². The molecule has 1 heterocycles. The highest BCUT2D eigenvalue weighted by atomic mass is 32.2. The smallest absolute Gasteiger partial charge is 0.341 e. The Morgan fingerprint density at radius 3 is 2.74 bits per heavy atom. The van der Waals surface area contributed by atoms with E-state index in [2.05, 4.69) is 12.2 Å². The number of anilines is 1. The van der Waals surface area contributed by atoms with Crippen molar-refractivity contribution in [3.8, 4) is 0 Å². The number of hydrogen-bond acceptors (Lipinski definition) is 5. The molecule has 0 aliphatic heterocycles. The van der Waals surface area contributed by atoms with Gasteiger partial charge in [0, 0.05) is 9.77 Å². The predicted octanol–water partition coefficient (Wildman–Crippen LogP) is 5.56. The van der Waals surface area contributed by atoms with Gasteiger partial charge in [0.1, 0.15) is 5.00 Å². The van der Waals surface area contributed by atoms with Gasteiger partial charge in [0.05, 0.1) is 17.7 Å². The summed E-state index contributed by atoms with van der Waals surface area (Å²) in [6.07, 6.45) is 5.08. The molecule has 144 valence electrons. The summed E-state index contributed by atoms with van der Waals surface area (Å²) in [4.78, 5) is 27.7. The van der Waals surface area contributed by atoms with Gasteiger partial charge in [-0.1, -0.05) is 19.1 Å². The Morgan fingerprint density at radius 2 is 1.96 bits per heavy atom. The number of fused-ring (bicyclic) bond motifs is 1. The van der Waals surface area contributed by atoms with Gasteiger partial charge in [-0.3, -0.25) is 4.79 Å². The second kappa shape index (κ2) is 9.42. The van der Waals surface area contributed by atoms with Crippen molar-refractivity contribution in [2.24, 2.45) is 0 Å². The number of carbonyl (C=O) groups is 2. The Kier molecular flexibility index (Phi) is 6.96. The molecule has 3 rings (SSSR count). The van der Waals surface area contributed by atoms with Crippen molar-refractivity contribution in [1.82, 2.24) is 0 Å². The number of benzene rings is 1. The number of carbonyl (C=O) groups excluding carboxylic acids is 2. The van der Waals surface area contributed by atoms with Crippen molar-refractivity contribution in [3.63, 3.8) is 0 Å². The van der Waals surface area contributed by atoms with E-state index in [4.69, 9.17) is 4.74 Å². The summed E-state index contributed by atoms with van der Waals surface area (Å²) in [5.74, 6) is 0.463. The number of thioether (sulfide) groups is 1. The number of ether oxygens (including phenoxy) is 1. The molecule has 1 aliphatic carbocycles. The van der Waals surface area contributed by atoms with Gasteiger partial charge in [-0.25, -0.2) is 4.79 Å². The summed E-state index contributed by atoms with van der Waals surface area (Å²) in [5, 5.41) is 3.63. The van der Waals surface area contributed by atoms with Gasteiger partial charge in [0.2, 0.25) is 0 Å². The van der Waals surface area contributed by atoms with Gasteiger partial charge in [-0.15, -0.1) is 23.1 Å². The lowest BCUT2D eigenvalue weighted by Crippen LogP contribution is -2.16. The van der Waals surface area contributed by atoms with Crippen molar-refractivity contribution < 1.29 is 14.3 Å². The summed E-state index contributed by atoms with van der Waals surface area (Å²) < 4.78 is 5.27. The van der Waals surface area contributed by atoms with Crippen LogP contribution in [-0.2, 0) is 17.6 Å². The van der Waals surface area contributed by atoms with Crippen LogP contribution < -0.4 is 5.32 Å². The molecule has 1 aromatic heterocycles. The maximum atomic E-state index is 13.0. The molecular weight excluding hydrogens is 378 g/mol. The van der Waals surface area contributed by atoms with E-state index < -0.39 is 0 Å². The summed E-state index contributed by atoms with van der Waals surface area (Å²) in [6.45, 7) is 4.25. The minimum absolute atomic E-state index is 0.168. The van der Waals surface area contributed by atoms with Crippen LogP contribution in [0, 0.1) is 0 Å². The van der Waals surface area contributed by atoms with Crippen LogP contribution in [0.5, 0.6) is 0 Å². The molecule has 0 unspecified atom stereocenters. The lowest BCUT2D eigenvalue weighted by atomic mass is 9.95. The molecule has 0 atom stereocenters. The highest BCUT2D eigenvalue weighted by Crippen LogP contribution is 2.39. The molecule has 4 nitrogen and oxygen atoms in total. The molecule has 1 N–H and O–H groups in total. The van der Waals surface area contributed by atoms with Crippen LogP contribution in [0.2, 0.25) is 0 Å². The van der Waals surface area contributed by atoms with Crippen molar-refractivity contribution in [2.45, 2.75) is 50.8 Å². The number of aryl methyl sites for hydroxylation is 1. The van der Waals surface area contributed by atoms with Crippen LogP contribution in [0.4, 0.5) is 5.00 Å². The highest BCUT2D eigenvalue weighted by molar-refractivity contribution is 7.99. The van der Waals surface area contributed by atoms with Gasteiger partial charge in [0.25, 0.3) is 5.91 Å². The number of amides is 1. The first-order valence-electron chi connectivity index (χ1n) is 9.50. The van der Waals surface area contributed by atoms with Crippen LogP contribution in [0.25, 0.3) is 0 Å². The lowest BCUT2D eigenvalue weighted by Gasteiger charge is -2.12. The van der Waals surface area contributed by atoms with Crippen LogP contribution in [0.1, 0.15) is 64.3 Å². The summed E-state index contributed by atoms with van der Waals surface area (Å²) in [7, 11) is 0. The first-order valence-corrected chi connectivity index (χ1v) is 11.3. The Bertz CT molecular complexity index is 829. The van der Waals surface area contributed by atoms with Gasteiger partial charge in [0.15, 0.2) is 0 Å². The Balaban J connectivity index is 1.90. The zero-order chi connectivity index (χ0) is 19.2. The summed E-state index contributed by atoms with van der Waals surface area (Å²) in [5.41, 5.74) is 2.27. The van der Waals surface area contributed by atoms with Crippen molar-refractivity contribution >= 4 is 40.0 Å². The van der Waals surface area contributed by atoms with E-state index in [1.54, 1.807) is 18.7 Å². The van der Waals surface area contributed by atoms with E-state index in [-0.39, 0.29) is 11.9 Å². The second-order valence-corrected chi connectivity index (χ2v) is 8.68. The monoisotopic (exact) mass is 403 g/mol. The molecule has 6 heteroatoms. The van der Waals surface area contributed by atoms with Gasteiger partial charge in [-0.05, 0) is 62.5 Å². The minimum Gasteiger partial charge on any atom is -0.462 e. The molecule has 1 aliphatic rings. The van der Waals surface area contributed by atoms with Crippen molar-refractivity contribution in [3.05, 3.63) is 45.8 Å². The molecule has 0 saturated carbocycles. The molecule has 1 amide bonds. The average molecular weight is 404 g/mol. The molecule has 27 heavy (non-hydrogen) atoms. The van der Waals surface area contributed by atoms with E-state index >= 15 is 0 Å². The van der Waals surface area contributed by atoms with Gasteiger partial charge < -0.3 is 10.1 Å². The van der Waals surface area contributed by atoms with Gasteiger partial charge in [-0.2, -0.15) is 0 Å². The number of rotatable bonds is 7. The van der Waals surface area contributed by atoms with E-state index in [1.807, 2.05) is 24.3 Å². The maximum Gasteiger partial charge on any atom is 0.341 e. The molecule has 0 spiro atoms. The first-order chi connectivity index (χ1) is 13.2. The Hall–Kier alpha value is -1.79. The number of esters is 1. The quantitative estimate of drug-likeness (QED) is 0.486. The average Bonchev–Trinajstić information content (AvgIpc) is 3.04. The molecule has 0 radical (unpaired) electrons. The zero-order valence-electron chi connectivity index (χ0n) is 15.8. The topological polar surface area (TPSA) is 55.4 Å². The Labute approximate surface area is 168 Å². The number of thiophene rings is 1. The van der Waals surface area contributed by atoms with Crippen molar-refractivity contribution in [1.29, 1.82) is 0 Å². The number of nitrogens with one attached hydrogen (secondary N) is 1. The normalized spacial score (nSPS) is 13.1. The van der Waals surface area contributed by atoms with E-state index in [9.17, 15) is 9.59 Å². The minimum atomic E-state index is -0.333. The lowest BCUT2D eigenvalue weighted by molar-refractivity contribution is 0.0526. The zero-order valence-corrected chi connectivity index (χ0v) is 17.4. The summed E-state index contributed by atoms with van der Waals surface area (Å²) >= 11 is 3.21. The van der Waals surface area contributed by atoms with Crippen molar-refractivity contribution in [2.75, 3.05) is 17.7 Å². The third kappa shape index (κ3) is 4.55. The van der Waals surface area contributed by atoms with Gasteiger partial charge >= 0.3 is 5.97 Å². The highest BCUT2D eigenvalue weighted by Gasteiger charge is 2.27. The Morgan fingerprint density at radius 1 is 1.19 bits per heavy atom. The van der Waals surface area contributed by atoms with E-state index in [0.717, 1.165) is 48.3 Å². The van der Waals surface area contributed by atoms with E-state index in [0.29, 0.717) is 22.7 Å². The molecule has 0 fully saturated rings. The third-order valence-corrected chi connectivity index (χ3v) is 6.96.